The number of benzene rings is 1. The molecule has 0 unspecified atom stereocenters. The molecule has 3 heterocycles. The molecule has 0 radical (unpaired) electrons. The largest absolute Gasteiger partial charge is 0.351 e. The number of amides is 2. The molecule has 5 heteroatoms. The molecule has 1 saturated carbocycles. The topological polar surface area (TPSA) is 56.4 Å². The first kappa shape index (κ1) is 16.8. The van der Waals surface area contributed by atoms with Gasteiger partial charge < -0.3 is 14.8 Å². The van der Waals surface area contributed by atoms with Crippen molar-refractivity contribution in [1.29, 1.82) is 0 Å². The SMILES string of the molecule is Cc1cc(C)c2cc(C(=O)N3CC[C@H]4[C@@H](CCC(=O)N4C4CC4)C3)[nH]c2c1. The van der Waals surface area contributed by atoms with Gasteiger partial charge in [-0.25, -0.2) is 0 Å². The highest BCUT2D eigenvalue weighted by Gasteiger charge is 2.45. The predicted octanol–water partition coefficient (Wildman–Crippen LogP) is 3.40. The molecular formula is C22H27N3O2. The molecule has 2 amide bonds. The molecular weight excluding hydrogens is 338 g/mol. The Kier molecular flexibility index (Phi) is 3.81. The van der Waals surface area contributed by atoms with Crippen LogP contribution in [0, 0.1) is 19.8 Å². The quantitative estimate of drug-likeness (QED) is 0.887. The number of aromatic nitrogens is 1. The number of piperidine rings is 2. The van der Waals surface area contributed by atoms with Crippen LogP contribution in [-0.4, -0.2) is 51.8 Å². The molecule has 3 aliphatic rings. The van der Waals surface area contributed by atoms with Crippen molar-refractivity contribution in [2.24, 2.45) is 5.92 Å². The first-order chi connectivity index (χ1) is 13.0. The second-order valence-electron chi connectivity index (χ2n) is 8.66. The number of fused-ring (bicyclic) bond motifs is 2. The highest BCUT2D eigenvalue weighted by molar-refractivity contribution is 5.99. The van der Waals surface area contributed by atoms with Gasteiger partial charge in [0.25, 0.3) is 5.91 Å². The lowest BCUT2D eigenvalue weighted by Gasteiger charge is -2.47. The lowest BCUT2D eigenvalue weighted by molar-refractivity contribution is -0.141. The van der Waals surface area contributed by atoms with Gasteiger partial charge in [0.1, 0.15) is 5.69 Å². The van der Waals surface area contributed by atoms with Gasteiger partial charge in [-0.15, -0.1) is 0 Å². The molecule has 5 rings (SSSR count). The summed E-state index contributed by atoms with van der Waals surface area (Å²) in [4.78, 5) is 33.0. The van der Waals surface area contributed by atoms with Crippen molar-refractivity contribution in [3.8, 4) is 0 Å². The van der Waals surface area contributed by atoms with Gasteiger partial charge in [-0.3, -0.25) is 9.59 Å². The fraction of sp³-hybridized carbons (Fsp3) is 0.545. The fourth-order valence-electron chi connectivity index (χ4n) is 5.19. The van der Waals surface area contributed by atoms with E-state index >= 15 is 0 Å². The highest BCUT2D eigenvalue weighted by Crippen LogP contribution is 2.39. The van der Waals surface area contributed by atoms with Crippen LogP contribution in [0.25, 0.3) is 10.9 Å². The van der Waals surface area contributed by atoms with Gasteiger partial charge in [-0.1, -0.05) is 6.07 Å². The van der Waals surface area contributed by atoms with E-state index in [1.165, 1.54) is 11.1 Å². The zero-order chi connectivity index (χ0) is 18.7. The predicted molar refractivity (Wildman–Crippen MR) is 105 cm³/mol. The Morgan fingerprint density at radius 2 is 1.93 bits per heavy atom. The number of nitrogens with one attached hydrogen (secondary N) is 1. The third-order valence-corrected chi connectivity index (χ3v) is 6.62. The minimum absolute atomic E-state index is 0.0941. The van der Waals surface area contributed by atoms with E-state index in [1.54, 1.807) is 0 Å². The Hall–Kier alpha value is -2.30. The van der Waals surface area contributed by atoms with E-state index in [0.29, 0.717) is 36.0 Å². The Balaban J connectivity index is 1.36. The number of likely N-dealkylation sites (tertiary alicyclic amines) is 2. The van der Waals surface area contributed by atoms with Crippen LogP contribution in [0.3, 0.4) is 0 Å². The van der Waals surface area contributed by atoms with Crippen molar-refractivity contribution in [2.75, 3.05) is 13.1 Å². The molecule has 27 heavy (non-hydrogen) atoms. The molecule has 2 saturated heterocycles. The standard InChI is InChI=1S/C22H27N3O2/c1-13-9-14(2)17-11-19(23-18(17)10-13)22(27)24-8-7-20-15(12-24)3-6-21(26)25(20)16-4-5-16/h9-11,15-16,20,23H,3-8,12H2,1-2H3/t15-,20-/m0/s1. The number of hydrogen-bond donors (Lipinski definition) is 1. The lowest BCUT2D eigenvalue weighted by atomic mass is 9.83. The van der Waals surface area contributed by atoms with E-state index in [0.717, 1.165) is 49.7 Å². The van der Waals surface area contributed by atoms with Gasteiger partial charge >= 0.3 is 0 Å². The number of carbonyl (C=O) groups excluding carboxylic acids is 2. The van der Waals surface area contributed by atoms with E-state index in [-0.39, 0.29) is 5.91 Å². The van der Waals surface area contributed by atoms with Crippen molar-refractivity contribution in [2.45, 2.75) is 58.0 Å². The van der Waals surface area contributed by atoms with E-state index in [4.69, 9.17) is 0 Å². The van der Waals surface area contributed by atoms with Gasteiger partial charge in [-0.2, -0.15) is 0 Å². The van der Waals surface area contributed by atoms with Crippen molar-refractivity contribution in [3.05, 3.63) is 35.0 Å². The Bertz CT molecular complexity index is 927. The van der Waals surface area contributed by atoms with Gasteiger partial charge in [0.15, 0.2) is 0 Å². The summed E-state index contributed by atoms with van der Waals surface area (Å²) in [7, 11) is 0. The summed E-state index contributed by atoms with van der Waals surface area (Å²) in [6.45, 7) is 5.68. The number of aromatic amines is 1. The van der Waals surface area contributed by atoms with Crippen LogP contribution in [0.2, 0.25) is 0 Å². The second kappa shape index (κ2) is 6.11. The second-order valence-corrected chi connectivity index (χ2v) is 8.66. The minimum Gasteiger partial charge on any atom is -0.351 e. The maximum Gasteiger partial charge on any atom is 0.270 e. The van der Waals surface area contributed by atoms with Gasteiger partial charge in [0, 0.05) is 42.5 Å². The zero-order valence-electron chi connectivity index (χ0n) is 16.1. The molecule has 0 spiro atoms. The van der Waals surface area contributed by atoms with Crippen LogP contribution >= 0.6 is 0 Å². The molecule has 2 atom stereocenters. The lowest BCUT2D eigenvalue weighted by Crippen LogP contribution is -2.57. The molecule has 2 aliphatic heterocycles. The van der Waals surface area contributed by atoms with Crippen LogP contribution in [0.4, 0.5) is 0 Å². The summed E-state index contributed by atoms with van der Waals surface area (Å²) in [5.41, 5.74) is 4.12. The maximum atomic E-state index is 13.1. The number of carbonyl (C=O) groups is 2. The molecule has 1 N–H and O–H groups in total. The van der Waals surface area contributed by atoms with Gasteiger partial charge in [0.05, 0.1) is 0 Å². The number of rotatable bonds is 2. The summed E-state index contributed by atoms with van der Waals surface area (Å²) >= 11 is 0. The molecule has 142 valence electrons. The maximum absolute atomic E-state index is 13.1. The third-order valence-electron chi connectivity index (χ3n) is 6.62. The van der Waals surface area contributed by atoms with Crippen LogP contribution in [0.15, 0.2) is 18.2 Å². The third kappa shape index (κ3) is 2.84. The first-order valence-electron chi connectivity index (χ1n) is 10.2. The summed E-state index contributed by atoms with van der Waals surface area (Å²) in [6, 6.07) is 7.08. The van der Waals surface area contributed by atoms with E-state index < -0.39 is 0 Å². The normalized spacial score (nSPS) is 25.8. The molecule has 2 aromatic rings. The molecule has 1 aromatic carbocycles. The minimum atomic E-state index is 0.0941. The number of H-pyrrole nitrogens is 1. The summed E-state index contributed by atoms with van der Waals surface area (Å²) < 4.78 is 0. The van der Waals surface area contributed by atoms with Gasteiger partial charge in [0.2, 0.25) is 5.91 Å². The molecule has 1 aromatic heterocycles. The molecule has 0 bridgehead atoms. The Labute approximate surface area is 159 Å². The van der Waals surface area contributed by atoms with Crippen molar-refractivity contribution in [1.82, 2.24) is 14.8 Å². The number of aryl methyl sites for hydroxylation is 2. The first-order valence-corrected chi connectivity index (χ1v) is 10.2. The zero-order valence-corrected chi connectivity index (χ0v) is 16.1. The summed E-state index contributed by atoms with van der Waals surface area (Å²) in [5, 5.41) is 1.13. The summed E-state index contributed by atoms with van der Waals surface area (Å²) in [5.74, 6) is 0.853. The van der Waals surface area contributed by atoms with Crippen LogP contribution in [0.1, 0.15) is 53.7 Å². The van der Waals surface area contributed by atoms with Crippen molar-refractivity contribution < 1.29 is 9.59 Å². The summed E-state index contributed by atoms with van der Waals surface area (Å²) in [6.07, 6.45) is 4.79. The highest BCUT2D eigenvalue weighted by atomic mass is 16.2. The van der Waals surface area contributed by atoms with Crippen molar-refractivity contribution >= 4 is 22.7 Å². The van der Waals surface area contributed by atoms with Crippen LogP contribution < -0.4 is 0 Å². The fourth-order valence-corrected chi connectivity index (χ4v) is 5.19. The molecule has 3 fully saturated rings. The average molecular weight is 365 g/mol. The Morgan fingerprint density at radius 3 is 2.70 bits per heavy atom. The monoisotopic (exact) mass is 365 g/mol. The number of nitrogens with zero attached hydrogens (tertiary/aromatic N) is 2. The van der Waals surface area contributed by atoms with E-state index in [1.807, 2.05) is 11.0 Å². The average Bonchev–Trinajstić information content (AvgIpc) is 3.38. The van der Waals surface area contributed by atoms with Crippen LogP contribution in [-0.2, 0) is 4.79 Å². The molecule has 1 aliphatic carbocycles. The number of hydrogen-bond acceptors (Lipinski definition) is 2. The van der Waals surface area contributed by atoms with E-state index in [2.05, 4.69) is 35.9 Å². The van der Waals surface area contributed by atoms with E-state index in [9.17, 15) is 9.59 Å². The van der Waals surface area contributed by atoms with Crippen LogP contribution in [0.5, 0.6) is 0 Å². The smallest absolute Gasteiger partial charge is 0.270 e. The molecule has 5 nitrogen and oxygen atoms in total. The Morgan fingerprint density at radius 1 is 1.11 bits per heavy atom. The van der Waals surface area contributed by atoms with Crippen molar-refractivity contribution in [3.63, 3.8) is 0 Å². The van der Waals surface area contributed by atoms with Gasteiger partial charge in [-0.05, 0) is 68.7 Å².